The van der Waals surface area contributed by atoms with E-state index in [0.29, 0.717) is 5.92 Å². The van der Waals surface area contributed by atoms with E-state index in [-0.39, 0.29) is 17.9 Å². The fourth-order valence-corrected chi connectivity index (χ4v) is 2.14. The molecule has 0 spiro atoms. The number of hydrogen-bond donors (Lipinski definition) is 1. The molecule has 1 aromatic carbocycles. The van der Waals surface area contributed by atoms with Crippen molar-refractivity contribution in [3.8, 4) is 0 Å². The van der Waals surface area contributed by atoms with Crippen LogP contribution in [0.4, 0.5) is 0 Å². The first-order valence-corrected chi connectivity index (χ1v) is 6.51. The van der Waals surface area contributed by atoms with Crippen molar-refractivity contribution in [3.05, 3.63) is 35.9 Å². The normalized spacial score (nSPS) is 24.1. The summed E-state index contributed by atoms with van der Waals surface area (Å²) < 4.78 is 0. The molecule has 1 amide bonds. The molecule has 0 bridgehead atoms. The number of hydrogen-bond acceptors (Lipinski definition) is 1. The Hall–Kier alpha value is -1.31. The van der Waals surface area contributed by atoms with Crippen LogP contribution in [-0.4, -0.2) is 11.9 Å². The second-order valence-corrected chi connectivity index (χ2v) is 5.25. The standard InChI is InChI=1S/C15H21NO/c1-11-10-14(11)15(17)16-12(2)8-9-13-6-4-3-5-7-13/h3-7,11-12,14H,8-10H2,1-2H3,(H,16,17)/t11-,12-,14-/m0/s1. The first-order chi connectivity index (χ1) is 8.16. The summed E-state index contributed by atoms with van der Waals surface area (Å²) in [6.07, 6.45) is 3.11. The summed E-state index contributed by atoms with van der Waals surface area (Å²) in [7, 11) is 0. The minimum absolute atomic E-state index is 0.248. The van der Waals surface area contributed by atoms with Crippen molar-refractivity contribution in [2.45, 2.75) is 39.2 Å². The van der Waals surface area contributed by atoms with E-state index in [4.69, 9.17) is 0 Å². The first-order valence-electron chi connectivity index (χ1n) is 6.51. The van der Waals surface area contributed by atoms with Crippen molar-refractivity contribution in [1.82, 2.24) is 5.32 Å². The Morgan fingerprint density at radius 1 is 1.41 bits per heavy atom. The van der Waals surface area contributed by atoms with Gasteiger partial charge in [-0.05, 0) is 37.7 Å². The molecule has 1 aliphatic carbocycles. The van der Waals surface area contributed by atoms with Gasteiger partial charge in [0.2, 0.25) is 5.91 Å². The highest BCUT2D eigenvalue weighted by molar-refractivity contribution is 5.81. The second-order valence-electron chi connectivity index (χ2n) is 5.25. The minimum atomic E-state index is 0.248. The molecule has 2 heteroatoms. The SMILES string of the molecule is C[C@@H](CCc1ccccc1)NC(=O)[C@H]1C[C@@H]1C. The van der Waals surface area contributed by atoms with E-state index in [2.05, 4.69) is 43.4 Å². The summed E-state index contributed by atoms with van der Waals surface area (Å²) in [6, 6.07) is 10.7. The molecule has 1 N–H and O–H groups in total. The molecule has 0 unspecified atom stereocenters. The number of aryl methyl sites for hydroxylation is 1. The quantitative estimate of drug-likeness (QED) is 0.829. The third kappa shape index (κ3) is 3.58. The minimum Gasteiger partial charge on any atom is -0.353 e. The van der Waals surface area contributed by atoms with E-state index >= 15 is 0 Å². The van der Waals surface area contributed by atoms with Crippen LogP contribution in [0.15, 0.2) is 30.3 Å². The fraction of sp³-hybridized carbons (Fsp3) is 0.533. The molecule has 17 heavy (non-hydrogen) atoms. The van der Waals surface area contributed by atoms with E-state index in [9.17, 15) is 4.79 Å². The summed E-state index contributed by atoms with van der Waals surface area (Å²) in [6.45, 7) is 4.23. The van der Waals surface area contributed by atoms with Crippen molar-refractivity contribution in [2.75, 3.05) is 0 Å². The predicted molar refractivity (Wildman–Crippen MR) is 69.6 cm³/mol. The summed E-state index contributed by atoms with van der Waals surface area (Å²) in [4.78, 5) is 11.7. The molecule has 0 radical (unpaired) electrons. The third-order valence-corrected chi connectivity index (χ3v) is 3.54. The van der Waals surface area contributed by atoms with Crippen LogP contribution in [0.5, 0.6) is 0 Å². The zero-order valence-corrected chi connectivity index (χ0v) is 10.6. The molecular formula is C15H21NO. The Labute approximate surface area is 103 Å². The van der Waals surface area contributed by atoms with Crippen molar-refractivity contribution in [3.63, 3.8) is 0 Å². The van der Waals surface area contributed by atoms with Crippen LogP contribution in [-0.2, 0) is 11.2 Å². The molecule has 3 atom stereocenters. The molecule has 0 heterocycles. The van der Waals surface area contributed by atoms with Crippen LogP contribution in [0.25, 0.3) is 0 Å². The fourth-order valence-electron chi connectivity index (χ4n) is 2.14. The van der Waals surface area contributed by atoms with Gasteiger partial charge in [0.05, 0.1) is 0 Å². The summed E-state index contributed by atoms with van der Waals surface area (Å²) in [5, 5.41) is 3.10. The number of benzene rings is 1. The van der Waals surface area contributed by atoms with E-state index in [1.165, 1.54) is 5.56 Å². The number of carbonyl (C=O) groups is 1. The van der Waals surface area contributed by atoms with Gasteiger partial charge >= 0.3 is 0 Å². The smallest absolute Gasteiger partial charge is 0.223 e. The molecule has 92 valence electrons. The van der Waals surface area contributed by atoms with Crippen molar-refractivity contribution in [1.29, 1.82) is 0 Å². The van der Waals surface area contributed by atoms with Crippen LogP contribution in [0, 0.1) is 11.8 Å². The highest BCUT2D eigenvalue weighted by atomic mass is 16.2. The van der Waals surface area contributed by atoms with E-state index in [0.717, 1.165) is 19.3 Å². The van der Waals surface area contributed by atoms with Gasteiger partial charge in [0.1, 0.15) is 0 Å². The largest absolute Gasteiger partial charge is 0.353 e. The maximum Gasteiger partial charge on any atom is 0.223 e. The van der Waals surface area contributed by atoms with Gasteiger partial charge in [-0.2, -0.15) is 0 Å². The van der Waals surface area contributed by atoms with E-state index in [1.807, 2.05) is 6.07 Å². The van der Waals surface area contributed by atoms with Crippen LogP contribution in [0.3, 0.4) is 0 Å². The zero-order valence-electron chi connectivity index (χ0n) is 10.6. The van der Waals surface area contributed by atoms with Gasteiger partial charge in [-0.15, -0.1) is 0 Å². The van der Waals surface area contributed by atoms with Gasteiger partial charge in [-0.3, -0.25) is 4.79 Å². The van der Waals surface area contributed by atoms with Gasteiger partial charge in [-0.1, -0.05) is 37.3 Å². The summed E-state index contributed by atoms with van der Waals surface area (Å²) in [5.74, 6) is 1.13. The maximum absolute atomic E-state index is 11.7. The topological polar surface area (TPSA) is 29.1 Å². The van der Waals surface area contributed by atoms with Gasteiger partial charge in [0.15, 0.2) is 0 Å². The zero-order chi connectivity index (χ0) is 12.3. The Balaban J connectivity index is 1.71. The van der Waals surface area contributed by atoms with Crippen molar-refractivity contribution >= 4 is 5.91 Å². The van der Waals surface area contributed by atoms with E-state index in [1.54, 1.807) is 0 Å². The Kier molecular flexibility index (Phi) is 3.82. The van der Waals surface area contributed by atoms with Gasteiger partial charge in [0, 0.05) is 12.0 Å². The average molecular weight is 231 g/mol. The Morgan fingerprint density at radius 3 is 2.65 bits per heavy atom. The number of carbonyl (C=O) groups excluding carboxylic acids is 1. The molecule has 1 aliphatic rings. The maximum atomic E-state index is 11.7. The van der Waals surface area contributed by atoms with Gasteiger partial charge < -0.3 is 5.32 Å². The molecule has 0 aliphatic heterocycles. The number of rotatable bonds is 5. The lowest BCUT2D eigenvalue weighted by atomic mass is 10.1. The van der Waals surface area contributed by atoms with Crippen LogP contribution < -0.4 is 5.32 Å². The average Bonchev–Trinajstić information content (AvgIpc) is 3.05. The lowest BCUT2D eigenvalue weighted by Gasteiger charge is -2.13. The second kappa shape index (κ2) is 5.35. The highest BCUT2D eigenvalue weighted by Gasteiger charge is 2.39. The molecule has 2 rings (SSSR count). The van der Waals surface area contributed by atoms with Gasteiger partial charge in [-0.25, -0.2) is 0 Å². The van der Waals surface area contributed by atoms with Crippen molar-refractivity contribution < 1.29 is 4.79 Å². The lowest BCUT2D eigenvalue weighted by molar-refractivity contribution is -0.123. The molecule has 1 aromatic rings. The van der Waals surface area contributed by atoms with Crippen LogP contribution >= 0.6 is 0 Å². The Morgan fingerprint density at radius 2 is 2.06 bits per heavy atom. The molecule has 1 saturated carbocycles. The highest BCUT2D eigenvalue weighted by Crippen LogP contribution is 2.37. The van der Waals surface area contributed by atoms with Crippen molar-refractivity contribution in [2.24, 2.45) is 11.8 Å². The number of amides is 1. The summed E-state index contributed by atoms with van der Waals surface area (Å²) in [5.41, 5.74) is 1.34. The molecule has 0 saturated heterocycles. The first kappa shape index (κ1) is 12.2. The summed E-state index contributed by atoms with van der Waals surface area (Å²) >= 11 is 0. The van der Waals surface area contributed by atoms with E-state index < -0.39 is 0 Å². The van der Waals surface area contributed by atoms with Crippen LogP contribution in [0.1, 0.15) is 32.3 Å². The number of nitrogens with one attached hydrogen (secondary N) is 1. The Bertz CT molecular complexity index is 374. The predicted octanol–water partition coefficient (Wildman–Crippen LogP) is 2.78. The molecule has 0 aromatic heterocycles. The molecular weight excluding hydrogens is 210 g/mol. The van der Waals surface area contributed by atoms with Crippen LogP contribution in [0.2, 0.25) is 0 Å². The third-order valence-electron chi connectivity index (χ3n) is 3.54. The lowest BCUT2D eigenvalue weighted by Crippen LogP contribution is -2.34. The monoisotopic (exact) mass is 231 g/mol. The molecule has 2 nitrogen and oxygen atoms in total. The van der Waals surface area contributed by atoms with Gasteiger partial charge in [0.25, 0.3) is 0 Å². The molecule has 1 fully saturated rings.